The van der Waals surface area contributed by atoms with Gasteiger partial charge in [-0.2, -0.15) is 0 Å². The van der Waals surface area contributed by atoms with Crippen molar-refractivity contribution in [2.24, 2.45) is 5.92 Å². The number of carbonyl (C=O) groups excluding carboxylic acids is 1. The maximum absolute atomic E-state index is 12.4. The third-order valence-corrected chi connectivity index (χ3v) is 5.17. The number of nitrogens with zero attached hydrogens (tertiary/aromatic N) is 1. The number of benzene rings is 2. The van der Waals surface area contributed by atoms with Crippen LogP contribution in [0.2, 0.25) is 0 Å². The first kappa shape index (κ1) is 20.4. The Labute approximate surface area is 167 Å². The molecule has 1 unspecified atom stereocenters. The van der Waals surface area contributed by atoms with Gasteiger partial charge in [0.25, 0.3) is 0 Å². The number of aliphatic hydroxyl groups is 1. The van der Waals surface area contributed by atoms with Crippen LogP contribution in [0.1, 0.15) is 24.0 Å². The van der Waals surface area contributed by atoms with Crippen LogP contribution in [0.25, 0.3) is 0 Å². The molecule has 0 aliphatic carbocycles. The molecule has 1 aliphatic heterocycles. The van der Waals surface area contributed by atoms with Gasteiger partial charge in [0.15, 0.2) is 0 Å². The van der Waals surface area contributed by atoms with Crippen LogP contribution in [0.3, 0.4) is 0 Å². The van der Waals surface area contributed by atoms with E-state index in [1.807, 2.05) is 61.5 Å². The van der Waals surface area contributed by atoms with Gasteiger partial charge in [0.05, 0.1) is 0 Å². The maximum Gasteiger partial charge on any atom is 0.223 e. The summed E-state index contributed by atoms with van der Waals surface area (Å²) < 4.78 is 5.68. The molecule has 0 radical (unpaired) electrons. The van der Waals surface area contributed by atoms with E-state index in [9.17, 15) is 9.90 Å². The van der Waals surface area contributed by atoms with Gasteiger partial charge >= 0.3 is 0 Å². The van der Waals surface area contributed by atoms with Crippen molar-refractivity contribution in [1.29, 1.82) is 0 Å². The molecule has 3 rings (SSSR count). The maximum atomic E-state index is 12.4. The first-order valence-electron chi connectivity index (χ1n) is 10.0. The molecule has 2 N–H and O–H groups in total. The number of piperidine rings is 1. The topological polar surface area (TPSA) is 61.8 Å². The molecule has 5 nitrogen and oxygen atoms in total. The third-order valence-electron chi connectivity index (χ3n) is 5.17. The van der Waals surface area contributed by atoms with E-state index in [4.69, 9.17) is 4.74 Å². The zero-order chi connectivity index (χ0) is 19.8. The van der Waals surface area contributed by atoms with E-state index in [1.54, 1.807) is 0 Å². The second-order valence-electron chi connectivity index (χ2n) is 7.56. The zero-order valence-electron chi connectivity index (χ0n) is 16.5. The molecule has 150 valence electrons. The Morgan fingerprint density at radius 2 is 1.93 bits per heavy atom. The van der Waals surface area contributed by atoms with E-state index in [0.717, 1.165) is 42.8 Å². The first-order valence-corrected chi connectivity index (χ1v) is 10.0. The molecule has 1 amide bonds. The van der Waals surface area contributed by atoms with Crippen molar-refractivity contribution in [3.05, 3.63) is 65.7 Å². The lowest BCUT2D eigenvalue weighted by atomic mass is 9.95. The third kappa shape index (κ3) is 6.36. The second-order valence-corrected chi connectivity index (χ2v) is 7.56. The number of nitrogens with one attached hydrogen (secondary N) is 1. The van der Waals surface area contributed by atoms with Crippen LogP contribution in [0.4, 0.5) is 0 Å². The number of likely N-dealkylation sites (tertiary alicyclic amines) is 1. The number of carbonyl (C=O) groups is 1. The van der Waals surface area contributed by atoms with Crippen molar-refractivity contribution in [2.45, 2.75) is 32.4 Å². The highest BCUT2D eigenvalue weighted by atomic mass is 16.5. The molecule has 5 heteroatoms. The molecule has 1 fully saturated rings. The van der Waals surface area contributed by atoms with Crippen molar-refractivity contribution < 1.29 is 14.6 Å². The number of aliphatic hydroxyl groups excluding tert-OH is 1. The molecule has 2 aromatic carbocycles. The summed E-state index contributed by atoms with van der Waals surface area (Å²) in [4.78, 5) is 14.6. The summed E-state index contributed by atoms with van der Waals surface area (Å²) in [6, 6.07) is 17.8. The monoisotopic (exact) mass is 382 g/mol. The number of amides is 1. The van der Waals surface area contributed by atoms with Crippen LogP contribution >= 0.6 is 0 Å². The van der Waals surface area contributed by atoms with Crippen molar-refractivity contribution >= 4 is 5.91 Å². The number of ether oxygens (including phenoxy) is 1. The Bertz CT molecular complexity index is 743. The Balaban J connectivity index is 1.34. The average Bonchev–Trinajstić information content (AvgIpc) is 2.72. The van der Waals surface area contributed by atoms with Crippen LogP contribution in [0.5, 0.6) is 5.75 Å². The van der Waals surface area contributed by atoms with Crippen LogP contribution in [0.15, 0.2) is 54.6 Å². The van der Waals surface area contributed by atoms with Gasteiger partial charge in [0.2, 0.25) is 5.91 Å². The van der Waals surface area contributed by atoms with Gasteiger partial charge in [-0.1, -0.05) is 42.5 Å². The summed E-state index contributed by atoms with van der Waals surface area (Å²) in [5, 5.41) is 13.3. The van der Waals surface area contributed by atoms with Crippen molar-refractivity contribution in [1.82, 2.24) is 10.2 Å². The largest absolute Gasteiger partial charge is 0.491 e. The lowest BCUT2D eigenvalue weighted by Gasteiger charge is -2.32. The summed E-state index contributed by atoms with van der Waals surface area (Å²) in [5.41, 5.74) is 2.25. The summed E-state index contributed by atoms with van der Waals surface area (Å²) in [5.74, 6) is 0.973. The second kappa shape index (κ2) is 10.2. The molecule has 28 heavy (non-hydrogen) atoms. The highest BCUT2D eigenvalue weighted by Crippen LogP contribution is 2.18. The molecule has 0 spiro atoms. The van der Waals surface area contributed by atoms with Crippen molar-refractivity contribution in [3.8, 4) is 5.75 Å². The molecular formula is C23H30N2O3. The predicted octanol–water partition coefficient (Wildman–Crippen LogP) is 2.76. The highest BCUT2D eigenvalue weighted by molar-refractivity contribution is 5.78. The molecule has 0 bridgehead atoms. The van der Waals surface area contributed by atoms with Gasteiger partial charge in [-0.25, -0.2) is 0 Å². The lowest BCUT2D eigenvalue weighted by molar-refractivity contribution is -0.126. The van der Waals surface area contributed by atoms with Gasteiger partial charge in [0, 0.05) is 19.0 Å². The minimum absolute atomic E-state index is 0.0562. The van der Waals surface area contributed by atoms with Crippen LogP contribution < -0.4 is 10.1 Å². The quantitative estimate of drug-likeness (QED) is 0.737. The smallest absolute Gasteiger partial charge is 0.223 e. The fourth-order valence-electron chi connectivity index (χ4n) is 3.56. The Morgan fingerprint density at radius 1 is 1.18 bits per heavy atom. The fraction of sp³-hybridized carbons (Fsp3) is 0.435. The molecule has 2 aromatic rings. The average molecular weight is 383 g/mol. The molecule has 0 aromatic heterocycles. The van der Waals surface area contributed by atoms with E-state index >= 15 is 0 Å². The van der Waals surface area contributed by atoms with Gasteiger partial charge in [-0.3, -0.25) is 4.79 Å². The summed E-state index contributed by atoms with van der Waals surface area (Å²) in [6.07, 6.45) is 1.11. The number of hydrogen-bond acceptors (Lipinski definition) is 4. The lowest BCUT2D eigenvalue weighted by Crippen LogP contribution is -2.44. The zero-order valence-corrected chi connectivity index (χ0v) is 16.5. The van der Waals surface area contributed by atoms with E-state index < -0.39 is 6.10 Å². The van der Waals surface area contributed by atoms with Crippen molar-refractivity contribution in [2.75, 3.05) is 26.2 Å². The van der Waals surface area contributed by atoms with Gasteiger partial charge in [0.1, 0.15) is 18.5 Å². The first-order chi connectivity index (χ1) is 13.6. The van der Waals surface area contributed by atoms with E-state index in [2.05, 4.69) is 10.2 Å². The predicted molar refractivity (Wildman–Crippen MR) is 110 cm³/mol. The molecular weight excluding hydrogens is 352 g/mol. The SMILES string of the molecule is Cc1cccc(OCC(O)CN2CCC(C(=O)NCc3ccccc3)CC2)c1. The van der Waals surface area contributed by atoms with Gasteiger partial charge in [-0.15, -0.1) is 0 Å². The van der Waals surface area contributed by atoms with Crippen LogP contribution in [-0.2, 0) is 11.3 Å². The number of hydrogen-bond donors (Lipinski definition) is 2. The minimum Gasteiger partial charge on any atom is -0.491 e. The number of rotatable bonds is 8. The summed E-state index contributed by atoms with van der Waals surface area (Å²) >= 11 is 0. The molecule has 1 atom stereocenters. The molecule has 1 heterocycles. The Morgan fingerprint density at radius 3 is 2.64 bits per heavy atom. The van der Waals surface area contributed by atoms with E-state index in [-0.39, 0.29) is 18.4 Å². The van der Waals surface area contributed by atoms with E-state index in [0.29, 0.717) is 13.1 Å². The van der Waals surface area contributed by atoms with Crippen molar-refractivity contribution in [3.63, 3.8) is 0 Å². The molecule has 0 saturated carbocycles. The Kier molecular flexibility index (Phi) is 7.46. The highest BCUT2D eigenvalue weighted by Gasteiger charge is 2.25. The minimum atomic E-state index is -0.538. The van der Waals surface area contributed by atoms with Crippen LogP contribution in [0, 0.1) is 12.8 Å². The number of β-amino-alcohol motifs (C(OH)–C–C–N with tert-alkyl or cyclic N) is 1. The Hall–Kier alpha value is -2.37. The van der Waals surface area contributed by atoms with Crippen LogP contribution in [-0.4, -0.2) is 48.3 Å². The standard InChI is InChI=1S/C23H30N2O3/c1-18-6-5-9-22(14-18)28-17-21(26)16-25-12-10-20(11-13-25)23(27)24-15-19-7-3-2-4-8-19/h2-9,14,20-21,26H,10-13,15-17H2,1H3,(H,24,27). The van der Waals surface area contributed by atoms with E-state index in [1.165, 1.54) is 0 Å². The van der Waals surface area contributed by atoms with Gasteiger partial charge < -0.3 is 20.1 Å². The summed E-state index contributed by atoms with van der Waals surface area (Å²) in [6.45, 7) is 5.10. The molecule has 1 saturated heterocycles. The van der Waals surface area contributed by atoms with Gasteiger partial charge in [-0.05, 0) is 56.1 Å². The summed E-state index contributed by atoms with van der Waals surface area (Å²) in [7, 11) is 0. The molecule has 1 aliphatic rings. The fourth-order valence-corrected chi connectivity index (χ4v) is 3.56. The number of aryl methyl sites for hydroxylation is 1. The normalized spacial score (nSPS) is 16.5.